The Kier molecular flexibility index (Phi) is 6.30. The predicted octanol–water partition coefficient (Wildman–Crippen LogP) is 4.21. The van der Waals surface area contributed by atoms with Crippen molar-refractivity contribution in [2.75, 3.05) is 10.7 Å². The van der Waals surface area contributed by atoms with E-state index in [0.717, 1.165) is 15.7 Å². The Bertz CT molecular complexity index is 956. The standard InChI is InChI=1S/C19H15BrN6S/c20-14-6-8-15(9-7-14)23-19(27)26-25-18-12-22-11-17(24-18)16(10-21)13-4-2-1-3-5-13/h1-9,11-12,16H,(H,24,25)(H2,23,26,27). The Labute approximate surface area is 170 Å². The summed E-state index contributed by atoms with van der Waals surface area (Å²) in [7, 11) is 0. The fourth-order valence-corrected chi connectivity index (χ4v) is 2.79. The molecule has 6 nitrogen and oxygen atoms in total. The van der Waals surface area contributed by atoms with Crippen LogP contribution in [0.3, 0.4) is 0 Å². The lowest BCUT2D eigenvalue weighted by molar-refractivity contribution is 0.932. The lowest BCUT2D eigenvalue weighted by Gasteiger charge is -2.13. The van der Waals surface area contributed by atoms with Crippen LogP contribution in [0.4, 0.5) is 11.5 Å². The summed E-state index contributed by atoms with van der Waals surface area (Å²) in [6, 6.07) is 19.4. The largest absolute Gasteiger partial charge is 0.331 e. The van der Waals surface area contributed by atoms with Crippen molar-refractivity contribution in [1.82, 2.24) is 15.4 Å². The van der Waals surface area contributed by atoms with Crippen LogP contribution in [0.1, 0.15) is 17.2 Å². The number of nitrogens with one attached hydrogen (secondary N) is 3. The van der Waals surface area contributed by atoms with Crippen molar-refractivity contribution < 1.29 is 0 Å². The molecule has 2 aromatic carbocycles. The molecule has 27 heavy (non-hydrogen) atoms. The van der Waals surface area contributed by atoms with Crippen LogP contribution in [-0.2, 0) is 0 Å². The first-order valence-corrected chi connectivity index (χ1v) is 9.21. The minimum Gasteiger partial charge on any atom is -0.331 e. The molecule has 0 aliphatic carbocycles. The van der Waals surface area contributed by atoms with E-state index in [1.165, 1.54) is 0 Å². The molecule has 0 aliphatic heterocycles. The van der Waals surface area contributed by atoms with E-state index in [2.05, 4.69) is 48.1 Å². The van der Waals surface area contributed by atoms with Gasteiger partial charge in [-0.05, 0) is 42.0 Å². The second-order valence-corrected chi connectivity index (χ2v) is 6.84. The van der Waals surface area contributed by atoms with Crippen LogP contribution in [-0.4, -0.2) is 15.1 Å². The molecular formula is C19H15BrN6S. The topological polar surface area (TPSA) is 85.7 Å². The maximum atomic E-state index is 9.54. The second kappa shape index (κ2) is 9.07. The number of hydrogen-bond acceptors (Lipinski definition) is 5. The predicted molar refractivity (Wildman–Crippen MR) is 113 cm³/mol. The van der Waals surface area contributed by atoms with Gasteiger partial charge in [0.1, 0.15) is 5.92 Å². The molecule has 3 aromatic rings. The first kappa shape index (κ1) is 18.8. The number of halogens is 1. The number of nitrogens with zero attached hydrogens (tertiary/aromatic N) is 3. The molecule has 3 rings (SSSR count). The van der Waals surface area contributed by atoms with Gasteiger partial charge in [-0.25, -0.2) is 4.98 Å². The number of rotatable bonds is 5. The van der Waals surface area contributed by atoms with E-state index in [1.807, 2.05) is 54.6 Å². The lowest BCUT2D eigenvalue weighted by atomic mass is 9.98. The number of hydrazine groups is 1. The third-order valence-electron chi connectivity index (χ3n) is 3.62. The van der Waals surface area contributed by atoms with E-state index in [1.54, 1.807) is 12.4 Å². The summed E-state index contributed by atoms with van der Waals surface area (Å²) in [6.07, 6.45) is 3.14. The van der Waals surface area contributed by atoms with Gasteiger partial charge in [-0.3, -0.25) is 15.8 Å². The summed E-state index contributed by atoms with van der Waals surface area (Å²) < 4.78 is 0.989. The van der Waals surface area contributed by atoms with Gasteiger partial charge in [0.25, 0.3) is 0 Å². The molecule has 1 aromatic heterocycles. The zero-order chi connectivity index (χ0) is 19.1. The molecule has 0 saturated carbocycles. The van der Waals surface area contributed by atoms with Crippen LogP contribution < -0.4 is 16.2 Å². The SMILES string of the molecule is N#CC(c1ccccc1)c1cncc(NNC(=S)Nc2ccc(Br)cc2)n1. The van der Waals surface area contributed by atoms with Crippen molar-refractivity contribution in [3.63, 3.8) is 0 Å². The Balaban J connectivity index is 1.64. The van der Waals surface area contributed by atoms with Crippen LogP contribution in [0.15, 0.2) is 71.5 Å². The Morgan fingerprint density at radius 2 is 1.81 bits per heavy atom. The average molecular weight is 439 g/mol. The maximum absolute atomic E-state index is 9.54. The van der Waals surface area contributed by atoms with E-state index < -0.39 is 5.92 Å². The molecule has 0 amide bonds. The van der Waals surface area contributed by atoms with Crippen LogP contribution in [0, 0.1) is 11.3 Å². The highest BCUT2D eigenvalue weighted by atomic mass is 79.9. The molecule has 1 unspecified atom stereocenters. The molecular weight excluding hydrogens is 424 g/mol. The third kappa shape index (κ3) is 5.23. The fraction of sp³-hybridized carbons (Fsp3) is 0.0526. The Morgan fingerprint density at radius 3 is 2.52 bits per heavy atom. The van der Waals surface area contributed by atoms with Crippen molar-refractivity contribution in [1.29, 1.82) is 5.26 Å². The molecule has 0 radical (unpaired) electrons. The molecule has 0 bridgehead atoms. The monoisotopic (exact) mass is 438 g/mol. The number of thiocarbonyl (C=S) groups is 1. The molecule has 8 heteroatoms. The van der Waals surface area contributed by atoms with Crippen molar-refractivity contribution >= 4 is 44.8 Å². The number of nitriles is 1. The smallest absolute Gasteiger partial charge is 0.189 e. The van der Waals surface area contributed by atoms with Crippen molar-refractivity contribution in [3.8, 4) is 6.07 Å². The summed E-state index contributed by atoms with van der Waals surface area (Å²) in [5.41, 5.74) is 8.04. The van der Waals surface area contributed by atoms with Crippen LogP contribution >= 0.6 is 28.1 Å². The Hall–Kier alpha value is -3.02. The second-order valence-electron chi connectivity index (χ2n) is 5.51. The van der Waals surface area contributed by atoms with E-state index in [0.29, 0.717) is 16.6 Å². The first-order valence-electron chi connectivity index (χ1n) is 8.01. The van der Waals surface area contributed by atoms with Gasteiger partial charge in [0.2, 0.25) is 0 Å². The van der Waals surface area contributed by atoms with Gasteiger partial charge in [0, 0.05) is 10.2 Å². The fourth-order valence-electron chi connectivity index (χ4n) is 2.35. The minimum atomic E-state index is -0.492. The molecule has 1 heterocycles. The van der Waals surface area contributed by atoms with Gasteiger partial charge in [-0.1, -0.05) is 46.3 Å². The zero-order valence-electron chi connectivity index (χ0n) is 14.1. The van der Waals surface area contributed by atoms with Crippen molar-refractivity contribution in [3.05, 3.63) is 82.7 Å². The third-order valence-corrected chi connectivity index (χ3v) is 4.35. The van der Waals surface area contributed by atoms with Crippen molar-refractivity contribution in [2.24, 2.45) is 0 Å². The molecule has 0 spiro atoms. The quantitative estimate of drug-likeness (QED) is 0.406. The minimum absolute atomic E-state index is 0.379. The van der Waals surface area contributed by atoms with Crippen molar-refractivity contribution in [2.45, 2.75) is 5.92 Å². The summed E-state index contributed by atoms with van der Waals surface area (Å²) in [6.45, 7) is 0. The lowest BCUT2D eigenvalue weighted by Crippen LogP contribution is -2.33. The highest BCUT2D eigenvalue weighted by molar-refractivity contribution is 9.10. The van der Waals surface area contributed by atoms with Gasteiger partial charge >= 0.3 is 0 Å². The van der Waals surface area contributed by atoms with E-state index in [4.69, 9.17) is 12.2 Å². The van der Waals surface area contributed by atoms with Crippen LogP contribution in [0.5, 0.6) is 0 Å². The summed E-state index contributed by atoms with van der Waals surface area (Å²) in [4.78, 5) is 8.62. The van der Waals surface area contributed by atoms with Gasteiger partial charge in [-0.2, -0.15) is 5.26 Å². The number of benzene rings is 2. The van der Waals surface area contributed by atoms with E-state index in [9.17, 15) is 5.26 Å². The summed E-state index contributed by atoms with van der Waals surface area (Å²) in [5, 5.41) is 13.0. The van der Waals surface area contributed by atoms with Gasteiger partial charge in [0.05, 0.1) is 24.2 Å². The molecule has 3 N–H and O–H groups in total. The molecule has 134 valence electrons. The molecule has 0 fully saturated rings. The zero-order valence-corrected chi connectivity index (χ0v) is 16.5. The van der Waals surface area contributed by atoms with Crippen LogP contribution in [0.25, 0.3) is 0 Å². The van der Waals surface area contributed by atoms with Gasteiger partial charge in [0.15, 0.2) is 10.9 Å². The number of hydrogen-bond donors (Lipinski definition) is 3. The number of anilines is 2. The molecule has 0 aliphatic rings. The average Bonchev–Trinajstić information content (AvgIpc) is 2.70. The Morgan fingerprint density at radius 1 is 1.07 bits per heavy atom. The summed E-state index contributed by atoms with van der Waals surface area (Å²) in [5.74, 6) is -0.0306. The molecule has 1 atom stereocenters. The van der Waals surface area contributed by atoms with Gasteiger partial charge < -0.3 is 5.32 Å². The normalized spacial score (nSPS) is 11.1. The van der Waals surface area contributed by atoms with E-state index >= 15 is 0 Å². The first-order chi connectivity index (χ1) is 13.2. The van der Waals surface area contributed by atoms with Crippen LogP contribution in [0.2, 0.25) is 0 Å². The summed E-state index contributed by atoms with van der Waals surface area (Å²) >= 11 is 8.64. The highest BCUT2D eigenvalue weighted by Crippen LogP contribution is 2.22. The molecule has 0 saturated heterocycles. The van der Waals surface area contributed by atoms with Gasteiger partial charge in [-0.15, -0.1) is 0 Å². The maximum Gasteiger partial charge on any atom is 0.189 e. The van der Waals surface area contributed by atoms with E-state index in [-0.39, 0.29) is 0 Å². The number of aromatic nitrogens is 2. The highest BCUT2D eigenvalue weighted by Gasteiger charge is 2.15.